The first kappa shape index (κ1) is 13.9. The zero-order valence-electron chi connectivity index (χ0n) is 11.8. The molecule has 17 heavy (non-hydrogen) atoms. The van der Waals surface area contributed by atoms with Crippen molar-refractivity contribution in [2.75, 3.05) is 24.6 Å². The predicted octanol–water partition coefficient (Wildman–Crippen LogP) is 3.96. The molecule has 0 saturated carbocycles. The van der Waals surface area contributed by atoms with Gasteiger partial charge in [0.25, 0.3) is 0 Å². The van der Waals surface area contributed by atoms with Crippen molar-refractivity contribution in [2.24, 2.45) is 5.41 Å². The summed E-state index contributed by atoms with van der Waals surface area (Å²) in [4.78, 5) is 2.32. The molecule has 0 aliphatic heterocycles. The van der Waals surface area contributed by atoms with E-state index < -0.39 is 0 Å². The average molecular weight is 235 g/mol. The number of benzene rings is 1. The maximum Gasteiger partial charge on any atom is 0.121 e. The molecule has 0 spiro atoms. The molecule has 0 atom stereocenters. The second-order valence-corrected chi connectivity index (χ2v) is 5.52. The molecule has 0 unspecified atom stereocenters. The van der Waals surface area contributed by atoms with Gasteiger partial charge in [-0.2, -0.15) is 0 Å². The Bertz CT molecular complexity index is 337. The molecule has 0 amide bonds. The normalized spacial score (nSPS) is 11.4. The molecule has 2 heteroatoms. The summed E-state index contributed by atoms with van der Waals surface area (Å²) in [6.45, 7) is 13.7. The first-order valence-corrected chi connectivity index (χ1v) is 6.44. The molecule has 1 aromatic rings. The highest BCUT2D eigenvalue weighted by atomic mass is 16.5. The van der Waals surface area contributed by atoms with Crippen LogP contribution in [0.1, 0.15) is 34.6 Å². The highest BCUT2D eigenvalue weighted by molar-refractivity contribution is 5.50. The maximum absolute atomic E-state index is 5.82. The van der Waals surface area contributed by atoms with Gasteiger partial charge in [-0.1, -0.05) is 26.8 Å². The van der Waals surface area contributed by atoms with E-state index in [0.717, 1.165) is 25.4 Å². The van der Waals surface area contributed by atoms with Gasteiger partial charge in [-0.3, -0.25) is 0 Å². The van der Waals surface area contributed by atoms with Crippen LogP contribution in [0.15, 0.2) is 24.3 Å². The van der Waals surface area contributed by atoms with E-state index in [9.17, 15) is 0 Å². The summed E-state index contributed by atoms with van der Waals surface area (Å²) in [5.74, 6) is 0.962. The first-order chi connectivity index (χ1) is 7.96. The summed E-state index contributed by atoms with van der Waals surface area (Å²) in [5.41, 5.74) is 1.44. The zero-order chi connectivity index (χ0) is 12.9. The zero-order valence-corrected chi connectivity index (χ0v) is 11.8. The molecule has 1 rings (SSSR count). The first-order valence-electron chi connectivity index (χ1n) is 6.44. The summed E-state index contributed by atoms with van der Waals surface area (Å²) < 4.78 is 5.82. The second kappa shape index (κ2) is 5.95. The molecule has 2 nitrogen and oxygen atoms in total. The number of ether oxygens (including phenoxy) is 1. The van der Waals surface area contributed by atoms with Gasteiger partial charge in [0.05, 0.1) is 6.61 Å². The molecule has 0 aromatic heterocycles. The van der Waals surface area contributed by atoms with Gasteiger partial charge in [0.2, 0.25) is 0 Å². The minimum Gasteiger partial charge on any atom is -0.493 e. The van der Waals surface area contributed by atoms with Crippen LogP contribution in [0.2, 0.25) is 0 Å². The molecule has 0 N–H and O–H groups in total. The minimum atomic E-state index is 0.200. The number of hydrogen-bond acceptors (Lipinski definition) is 2. The topological polar surface area (TPSA) is 12.5 Å². The van der Waals surface area contributed by atoms with Gasteiger partial charge in [-0.05, 0) is 31.4 Å². The summed E-state index contributed by atoms with van der Waals surface area (Å²) in [7, 11) is 0. The van der Waals surface area contributed by atoms with E-state index in [4.69, 9.17) is 4.74 Å². The van der Waals surface area contributed by atoms with Crippen molar-refractivity contribution < 1.29 is 4.74 Å². The van der Waals surface area contributed by atoms with Crippen LogP contribution in [0.3, 0.4) is 0 Å². The van der Waals surface area contributed by atoms with Crippen molar-refractivity contribution in [3.8, 4) is 5.75 Å². The van der Waals surface area contributed by atoms with E-state index in [-0.39, 0.29) is 5.41 Å². The molecule has 0 saturated heterocycles. The Morgan fingerprint density at radius 1 is 1.12 bits per heavy atom. The van der Waals surface area contributed by atoms with Crippen LogP contribution in [-0.2, 0) is 0 Å². The van der Waals surface area contributed by atoms with Crippen LogP contribution >= 0.6 is 0 Å². The van der Waals surface area contributed by atoms with Crippen LogP contribution in [0.4, 0.5) is 5.69 Å². The van der Waals surface area contributed by atoms with Gasteiger partial charge >= 0.3 is 0 Å². The fraction of sp³-hybridized carbons (Fsp3) is 0.600. The summed E-state index contributed by atoms with van der Waals surface area (Å²) in [6.07, 6.45) is 0. The lowest BCUT2D eigenvalue weighted by molar-refractivity contribution is 0.198. The Hall–Kier alpha value is -1.18. The Balaban J connectivity index is 2.72. The third kappa shape index (κ3) is 4.68. The number of hydrogen-bond donors (Lipinski definition) is 0. The van der Waals surface area contributed by atoms with E-state index in [2.05, 4.69) is 57.7 Å². The highest BCUT2D eigenvalue weighted by Crippen LogP contribution is 2.23. The number of rotatable bonds is 5. The van der Waals surface area contributed by atoms with Crippen LogP contribution in [-0.4, -0.2) is 19.7 Å². The van der Waals surface area contributed by atoms with Crippen molar-refractivity contribution >= 4 is 5.69 Å². The van der Waals surface area contributed by atoms with Crippen molar-refractivity contribution in [3.63, 3.8) is 0 Å². The van der Waals surface area contributed by atoms with E-state index in [0.29, 0.717) is 0 Å². The minimum absolute atomic E-state index is 0.200. The number of nitrogens with zero attached hydrogens (tertiary/aromatic N) is 1. The molecule has 0 bridgehead atoms. The van der Waals surface area contributed by atoms with E-state index >= 15 is 0 Å². The van der Waals surface area contributed by atoms with Gasteiger partial charge in [0, 0.05) is 24.8 Å². The number of anilines is 1. The third-order valence-electron chi connectivity index (χ3n) is 2.62. The smallest absolute Gasteiger partial charge is 0.121 e. The molecule has 96 valence electrons. The van der Waals surface area contributed by atoms with Crippen LogP contribution in [0.25, 0.3) is 0 Å². The predicted molar refractivity (Wildman–Crippen MR) is 75.0 cm³/mol. The van der Waals surface area contributed by atoms with E-state index in [1.54, 1.807) is 0 Å². The van der Waals surface area contributed by atoms with Gasteiger partial charge < -0.3 is 9.64 Å². The fourth-order valence-corrected chi connectivity index (χ4v) is 1.66. The molecule has 1 aromatic carbocycles. The van der Waals surface area contributed by atoms with Gasteiger partial charge in [-0.15, -0.1) is 0 Å². The van der Waals surface area contributed by atoms with E-state index in [1.165, 1.54) is 5.69 Å². The van der Waals surface area contributed by atoms with Crippen molar-refractivity contribution in [1.82, 2.24) is 0 Å². The second-order valence-electron chi connectivity index (χ2n) is 5.52. The van der Waals surface area contributed by atoms with Gasteiger partial charge in [0.1, 0.15) is 5.75 Å². The van der Waals surface area contributed by atoms with Crippen molar-refractivity contribution in [2.45, 2.75) is 34.6 Å². The van der Waals surface area contributed by atoms with Crippen molar-refractivity contribution in [3.05, 3.63) is 24.3 Å². The Morgan fingerprint density at radius 3 is 2.29 bits per heavy atom. The van der Waals surface area contributed by atoms with E-state index in [1.807, 2.05) is 6.07 Å². The van der Waals surface area contributed by atoms with Crippen LogP contribution < -0.4 is 9.64 Å². The standard InChI is InChI=1S/C15H25NO/c1-6-16(7-2)13-9-8-10-14(11-13)17-12-15(3,4)5/h8-11H,6-7,12H2,1-5H3. The molecule has 0 aliphatic carbocycles. The lowest BCUT2D eigenvalue weighted by Crippen LogP contribution is -2.22. The largest absolute Gasteiger partial charge is 0.493 e. The van der Waals surface area contributed by atoms with Gasteiger partial charge in [-0.25, -0.2) is 0 Å². The molecular formula is C15H25NO. The molecule has 0 radical (unpaired) electrons. The molecule has 0 fully saturated rings. The maximum atomic E-state index is 5.82. The summed E-state index contributed by atoms with van der Waals surface area (Å²) >= 11 is 0. The summed E-state index contributed by atoms with van der Waals surface area (Å²) in [6, 6.07) is 8.35. The Labute approximate surface area is 106 Å². The quantitative estimate of drug-likeness (QED) is 0.766. The van der Waals surface area contributed by atoms with Crippen LogP contribution in [0.5, 0.6) is 5.75 Å². The Morgan fingerprint density at radius 2 is 1.76 bits per heavy atom. The summed E-state index contributed by atoms with van der Waals surface area (Å²) in [5, 5.41) is 0. The molecule has 0 aliphatic rings. The lowest BCUT2D eigenvalue weighted by Gasteiger charge is -2.23. The van der Waals surface area contributed by atoms with Crippen molar-refractivity contribution in [1.29, 1.82) is 0 Å². The highest BCUT2D eigenvalue weighted by Gasteiger charge is 2.11. The lowest BCUT2D eigenvalue weighted by atomic mass is 9.99. The molecular weight excluding hydrogens is 210 g/mol. The van der Waals surface area contributed by atoms with Crippen LogP contribution in [0, 0.1) is 5.41 Å². The van der Waals surface area contributed by atoms with Gasteiger partial charge in [0.15, 0.2) is 0 Å². The average Bonchev–Trinajstić information content (AvgIpc) is 2.28. The fourth-order valence-electron chi connectivity index (χ4n) is 1.66. The Kier molecular flexibility index (Phi) is 4.86. The monoisotopic (exact) mass is 235 g/mol. The third-order valence-corrected chi connectivity index (χ3v) is 2.62. The SMILES string of the molecule is CCN(CC)c1cccc(OCC(C)(C)C)c1. The molecule has 0 heterocycles.